The van der Waals surface area contributed by atoms with Gasteiger partial charge in [-0.1, -0.05) is 92.9 Å². The topological polar surface area (TPSA) is 0 Å². The Bertz CT molecular complexity index is 486. The smallest absolute Gasteiger partial charge is 0.0324 e. The molecule has 10 unspecified atom stereocenters. The third kappa shape index (κ3) is 6.53. The molecule has 0 aromatic rings. The van der Waals surface area contributed by atoms with Crippen LogP contribution in [0.1, 0.15) is 138 Å². The van der Waals surface area contributed by atoms with E-state index in [1.165, 1.54) is 51.4 Å². The second-order valence-corrected chi connectivity index (χ2v) is 12.9. The normalized spacial score (nSPS) is 45.1. The zero-order valence-corrected chi connectivity index (χ0v) is 22.4. The van der Waals surface area contributed by atoms with Crippen LogP contribution in [0, 0.1) is 59.2 Å². The molecule has 182 valence electrons. The molecule has 0 heteroatoms. The van der Waals surface area contributed by atoms with Crippen molar-refractivity contribution in [2.24, 2.45) is 59.2 Å². The minimum Gasteiger partial charge on any atom is -0.0654 e. The van der Waals surface area contributed by atoms with E-state index in [4.69, 9.17) is 0 Å². The summed E-state index contributed by atoms with van der Waals surface area (Å²) in [6, 6.07) is 0. The summed E-state index contributed by atoms with van der Waals surface area (Å²) in [5.74, 6) is 10.6. The molecular weight excluding hydrogens is 372 g/mol. The van der Waals surface area contributed by atoms with E-state index in [1.54, 1.807) is 44.9 Å². The summed E-state index contributed by atoms with van der Waals surface area (Å²) in [6.45, 7) is 14.6. The molecular formula is C31H58. The van der Waals surface area contributed by atoms with E-state index in [-0.39, 0.29) is 0 Å². The molecule has 4 aliphatic rings. The van der Waals surface area contributed by atoms with E-state index in [9.17, 15) is 0 Å². The fourth-order valence-electron chi connectivity index (χ4n) is 9.07. The Morgan fingerprint density at radius 1 is 0.645 bits per heavy atom. The first-order valence-electron chi connectivity index (χ1n) is 15.0. The Hall–Kier alpha value is 0. The molecule has 31 heavy (non-hydrogen) atoms. The highest BCUT2D eigenvalue weighted by Gasteiger charge is 2.48. The van der Waals surface area contributed by atoms with Gasteiger partial charge in [0.1, 0.15) is 0 Å². The number of hydrogen-bond donors (Lipinski definition) is 0. The summed E-state index contributed by atoms with van der Waals surface area (Å²) in [7, 11) is 0. The molecule has 0 heterocycles. The summed E-state index contributed by atoms with van der Waals surface area (Å²) in [5, 5.41) is 0. The van der Waals surface area contributed by atoms with Crippen molar-refractivity contribution >= 4 is 0 Å². The van der Waals surface area contributed by atoms with Gasteiger partial charge in [0, 0.05) is 0 Å². The van der Waals surface area contributed by atoms with Crippen LogP contribution >= 0.6 is 0 Å². The lowest BCUT2D eigenvalue weighted by molar-refractivity contribution is -0.0149. The van der Waals surface area contributed by atoms with Gasteiger partial charge in [-0.15, -0.1) is 0 Å². The van der Waals surface area contributed by atoms with Crippen molar-refractivity contribution in [1.82, 2.24) is 0 Å². The molecule has 0 saturated heterocycles. The lowest BCUT2D eigenvalue weighted by atomic mass is 9.55. The lowest BCUT2D eigenvalue weighted by Gasteiger charge is -2.51. The molecule has 0 N–H and O–H groups in total. The van der Waals surface area contributed by atoms with E-state index >= 15 is 0 Å². The molecule has 0 radical (unpaired) electrons. The minimum atomic E-state index is 1.00. The molecule has 0 spiro atoms. The van der Waals surface area contributed by atoms with Gasteiger partial charge in [-0.25, -0.2) is 0 Å². The number of rotatable bonds is 6. The van der Waals surface area contributed by atoms with Gasteiger partial charge in [-0.3, -0.25) is 0 Å². The van der Waals surface area contributed by atoms with Gasteiger partial charge in [-0.05, 0) is 104 Å². The minimum absolute atomic E-state index is 1.00. The summed E-state index contributed by atoms with van der Waals surface area (Å²) < 4.78 is 0. The van der Waals surface area contributed by atoms with E-state index in [0.29, 0.717) is 0 Å². The maximum atomic E-state index is 2.62. The average molecular weight is 431 g/mol. The van der Waals surface area contributed by atoms with Crippen molar-refractivity contribution in [2.45, 2.75) is 138 Å². The van der Waals surface area contributed by atoms with Crippen molar-refractivity contribution in [3.8, 4) is 0 Å². The number of fused-ring (bicyclic) bond motifs is 1. The van der Waals surface area contributed by atoms with Crippen LogP contribution in [0.5, 0.6) is 0 Å². The highest BCUT2D eigenvalue weighted by atomic mass is 14.5. The van der Waals surface area contributed by atoms with Crippen molar-refractivity contribution in [3.05, 3.63) is 0 Å². The first-order valence-corrected chi connectivity index (χ1v) is 15.0. The van der Waals surface area contributed by atoms with Crippen LogP contribution in [0.25, 0.3) is 0 Å². The third-order valence-electron chi connectivity index (χ3n) is 10.7. The van der Waals surface area contributed by atoms with Crippen LogP contribution in [0.3, 0.4) is 0 Å². The fraction of sp³-hybridized carbons (Fsp3) is 1.00. The van der Waals surface area contributed by atoms with Gasteiger partial charge in [0.15, 0.2) is 0 Å². The molecule has 0 nitrogen and oxygen atoms in total. The van der Waals surface area contributed by atoms with Gasteiger partial charge < -0.3 is 0 Å². The van der Waals surface area contributed by atoms with Crippen LogP contribution in [0.15, 0.2) is 0 Å². The highest BCUT2D eigenvalue weighted by Crippen LogP contribution is 2.57. The molecule has 4 saturated carbocycles. The lowest BCUT2D eigenvalue weighted by Crippen LogP contribution is -2.43. The van der Waals surface area contributed by atoms with Crippen LogP contribution in [-0.4, -0.2) is 0 Å². The maximum Gasteiger partial charge on any atom is -0.0324 e. The Morgan fingerprint density at radius 2 is 1.35 bits per heavy atom. The predicted molar refractivity (Wildman–Crippen MR) is 138 cm³/mol. The van der Waals surface area contributed by atoms with Gasteiger partial charge in [-0.2, -0.15) is 0 Å². The quantitative estimate of drug-likeness (QED) is 0.393. The van der Waals surface area contributed by atoms with Crippen LogP contribution < -0.4 is 0 Å². The number of unbranched alkanes of at least 4 members (excludes halogenated alkanes) is 1. The zero-order valence-electron chi connectivity index (χ0n) is 22.4. The van der Waals surface area contributed by atoms with E-state index in [0.717, 1.165) is 59.2 Å². The van der Waals surface area contributed by atoms with Gasteiger partial charge in [0.2, 0.25) is 0 Å². The van der Waals surface area contributed by atoms with E-state index in [2.05, 4.69) is 41.5 Å². The summed E-state index contributed by atoms with van der Waals surface area (Å²) in [6.07, 6.45) is 22.6. The fourth-order valence-corrected chi connectivity index (χ4v) is 9.07. The first-order chi connectivity index (χ1) is 15.0. The second-order valence-electron chi connectivity index (χ2n) is 12.9. The van der Waals surface area contributed by atoms with E-state index < -0.39 is 0 Å². The largest absolute Gasteiger partial charge is 0.0654 e. The molecule has 0 aliphatic heterocycles. The SMILES string of the molecule is CC1CCC(C)C1.CCCCC1C(C)CC2CCCC2C1C1CCC(CC)C(CC)C1. The third-order valence-corrected chi connectivity index (χ3v) is 10.7. The zero-order chi connectivity index (χ0) is 22.4. The van der Waals surface area contributed by atoms with Crippen LogP contribution in [0.4, 0.5) is 0 Å². The summed E-state index contributed by atoms with van der Waals surface area (Å²) in [4.78, 5) is 0. The Labute approximate surface area is 197 Å². The molecule has 0 aromatic heterocycles. The van der Waals surface area contributed by atoms with Crippen LogP contribution in [-0.2, 0) is 0 Å². The average Bonchev–Trinajstić information content (AvgIpc) is 3.39. The molecule has 4 aliphatic carbocycles. The van der Waals surface area contributed by atoms with Crippen LogP contribution in [0.2, 0.25) is 0 Å². The summed E-state index contributed by atoms with van der Waals surface area (Å²) in [5.41, 5.74) is 0. The first kappa shape index (κ1) is 25.6. The van der Waals surface area contributed by atoms with Crippen molar-refractivity contribution < 1.29 is 0 Å². The molecule has 0 amide bonds. The van der Waals surface area contributed by atoms with Crippen molar-refractivity contribution in [2.75, 3.05) is 0 Å². The molecule has 0 bridgehead atoms. The summed E-state index contributed by atoms with van der Waals surface area (Å²) >= 11 is 0. The Morgan fingerprint density at radius 3 is 1.94 bits per heavy atom. The van der Waals surface area contributed by atoms with Gasteiger partial charge >= 0.3 is 0 Å². The van der Waals surface area contributed by atoms with Gasteiger partial charge in [0.25, 0.3) is 0 Å². The monoisotopic (exact) mass is 430 g/mol. The maximum absolute atomic E-state index is 2.62. The van der Waals surface area contributed by atoms with Gasteiger partial charge in [0.05, 0.1) is 0 Å². The Kier molecular flexibility index (Phi) is 10.3. The standard InChI is InChI=1S/C24H44.C7H14/c1-5-8-11-22-17(4)15-20-10-9-12-23(20)24(22)21-14-13-18(6-2)19(7-3)16-21;1-6-3-4-7(2)5-6/h17-24H,5-16H2,1-4H3;6-7H,3-5H2,1-2H3. The number of hydrogen-bond acceptors (Lipinski definition) is 0. The molecule has 10 atom stereocenters. The second kappa shape index (κ2) is 12.5. The molecule has 4 rings (SSSR count). The molecule has 0 aromatic carbocycles. The predicted octanol–water partition coefficient (Wildman–Crippen LogP) is 10.2. The van der Waals surface area contributed by atoms with Crippen molar-refractivity contribution in [3.63, 3.8) is 0 Å². The van der Waals surface area contributed by atoms with Crippen molar-refractivity contribution in [1.29, 1.82) is 0 Å². The van der Waals surface area contributed by atoms with E-state index in [1.807, 2.05) is 0 Å². The molecule has 4 fully saturated rings. The highest BCUT2D eigenvalue weighted by molar-refractivity contribution is 4.98. The Balaban J connectivity index is 0.000000330.